The van der Waals surface area contributed by atoms with E-state index >= 15 is 0 Å². The van der Waals surface area contributed by atoms with Crippen molar-refractivity contribution in [3.8, 4) is 0 Å². The van der Waals surface area contributed by atoms with Gasteiger partial charge in [0.05, 0.1) is 6.61 Å². The van der Waals surface area contributed by atoms with E-state index in [-0.39, 0.29) is 24.5 Å². The predicted octanol–water partition coefficient (Wildman–Crippen LogP) is 2.08. The zero-order chi connectivity index (χ0) is 14.5. The van der Waals surface area contributed by atoms with Crippen LogP contribution in [0, 0.1) is 6.92 Å². The molecule has 0 amide bonds. The maximum absolute atomic E-state index is 11.8. The fourth-order valence-corrected chi connectivity index (χ4v) is 1.29. The number of hydrogen-bond acceptors (Lipinski definition) is 4. The van der Waals surface area contributed by atoms with E-state index in [1.54, 1.807) is 6.92 Å². The van der Waals surface area contributed by atoms with Crippen molar-refractivity contribution in [3.05, 3.63) is 23.4 Å². The molecule has 1 rings (SSSR count). The number of aromatic carboxylic acids is 1. The number of aromatic nitrogens is 1. The molecule has 8 heteroatoms. The molecule has 0 bridgehead atoms. The molecule has 106 valence electrons. The molecule has 19 heavy (non-hydrogen) atoms. The van der Waals surface area contributed by atoms with E-state index in [2.05, 4.69) is 15.0 Å². The summed E-state index contributed by atoms with van der Waals surface area (Å²) >= 11 is 0. The van der Waals surface area contributed by atoms with Crippen LogP contribution in [0.15, 0.2) is 12.1 Å². The molecule has 0 spiro atoms. The number of anilines is 1. The molecule has 0 aliphatic carbocycles. The lowest BCUT2D eigenvalue weighted by Crippen LogP contribution is -2.20. The van der Waals surface area contributed by atoms with Crippen molar-refractivity contribution in [3.63, 3.8) is 0 Å². The van der Waals surface area contributed by atoms with Gasteiger partial charge >= 0.3 is 12.1 Å². The topological polar surface area (TPSA) is 71.5 Å². The molecule has 1 aromatic rings. The van der Waals surface area contributed by atoms with Crippen LogP contribution in [0.1, 0.15) is 16.1 Å². The first kappa shape index (κ1) is 15.2. The van der Waals surface area contributed by atoms with Crippen LogP contribution in [0.5, 0.6) is 0 Å². The Labute approximate surface area is 107 Å². The maximum Gasteiger partial charge on any atom is 0.411 e. The zero-order valence-electron chi connectivity index (χ0n) is 10.1. The molecule has 1 heterocycles. The number of aryl methyl sites for hydroxylation is 1. The van der Waals surface area contributed by atoms with Gasteiger partial charge in [-0.1, -0.05) is 0 Å². The van der Waals surface area contributed by atoms with E-state index in [0.717, 1.165) is 0 Å². The van der Waals surface area contributed by atoms with Crippen LogP contribution in [0.25, 0.3) is 0 Å². The summed E-state index contributed by atoms with van der Waals surface area (Å²) in [6.45, 7) is 0.180. The van der Waals surface area contributed by atoms with E-state index in [1.165, 1.54) is 12.1 Å². The van der Waals surface area contributed by atoms with Gasteiger partial charge in [0.25, 0.3) is 0 Å². The zero-order valence-corrected chi connectivity index (χ0v) is 10.1. The summed E-state index contributed by atoms with van der Waals surface area (Å²) in [5, 5.41) is 11.5. The molecule has 0 atom stereocenters. The average Bonchev–Trinajstić information content (AvgIpc) is 2.26. The van der Waals surface area contributed by atoms with Crippen LogP contribution in [-0.4, -0.2) is 42.0 Å². The van der Waals surface area contributed by atoms with Gasteiger partial charge in [-0.2, -0.15) is 13.2 Å². The van der Waals surface area contributed by atoms with Crippen LogP contribution in [0.4, 0.5) is 19.0 Å². The number of halogens is 3. The van der Waals surface area contributed by atoms with Crippen molar-refractivity contribution in [1.29, 1.82) is 0 Å². The molecular formula is C11H13F3N2O3. The first-order valence-corrected chi connectivity index (χ1v) is 5.39. The normalized spacial score (nSPS) is 11.4. The van der Waals surface area contributed by atoms with E-state index < -0.39 is 18.8 Å². The summed E-state index contributed by atoms with van der Waals surface area (Å²) in [5.41, 5.74) is 0.560. The summed E-state index contributed by atoms with van der Waals surface area (Å²) in [4.78, 5) is 14.9. The van der Waals surface area contributed by atoms with Crippen molar-refractivity contribution in [2.24, 2.45) is 0 Å². The first-order chi connectivity index (χ1) is 8.79. The summed E-state index contributed by atoms with van der Waals surface area (Å²) in [5.74, 6) is -1.05. The third-order valence-corrected chi connectivity index (χ3v) is 2.07. The minimum Gasteiger partial charge on any atom is -0.478 e. The quantitative estimate of drug-likeness (QED) is 0.779. The van der Waals surface area contributed by atoms with Crippen molar-refractivity contribution >= 4 is 11.8 Å². The lowest BCUT2D eigenvalue weighted by Gasteiger charge is -2.10. The van der Waals surface area contributed by atoms with Crippen LogP contribution in [0.2, 0.25) is 0 Å². The van der Waals surface area contributed by atoms with E-state index in [0.29, 0.717) is 5.69 Å². The number of carbonyl (C=O) groups is 1. The molecule has 0 fully saturated rings. The Bertz CT molecular complexity index is 449. The minimum atomic E-state index is -4.37. The number of alkyl halides is 3. The largest absolute Gasteiger partial charge is 0.478 e. The Hall–Kier alpha value is -1.83. The third-order valence-electron chi connectivity index (χ3n) is 2.07. The van der Waals surface area contributed by atoms with E-state index in [4.69, 9.17) is 5.11 Å². The van der Waals surface area contributed by atoms with Crippen molar-refractivity contribution in [2.75, 3.05) is 25.1 Å². The first-order valence-electron chi connectivity index (χ1n) is 5.39. The number of ether oxygens (including phenoxy) is 1. The van der Waals surface area contributed by atoms with Gasteiger partial charge in [-0.15, -0.1) is 0 Å². The number of carboxylic acid groups (broad SMARTS) is 1. The molecule has 0 aromatic carbocycles. The molecule has 0 saturated carbocycles. The van der Waals surface area contributed by atoms with E-state index in [1.807, 2.05) is 0 Å². The summed E-state index contributed by atoms with van der Waals surface area (Å²) in [6.07, 6.45) is -4.37. The molecular weight excluding hydrogens is 265 g/mol. The predicted molar refractivity (Wildman–Crippen MR) is 61.3 cm³/mol. The Balaban J connectivity index is 2.49. The second-order valence-corrected chi connectivity index (χ2v) is 3.75. The number of rotatable bonds is 6. The van der Waals surface area contributed by atoms with Crippen molar-refractivity contribution in [1.82, 2.24) is 4.98 Å². The molecule has 0 aliphatic heterocycles. The monoisotopic (exact) mass is 278 g/mol. The van der Waals surface area contributed by atoms with Gasteiger partial charge in [-0.05, 0) is 19.1 Å². The highest BCUT2D eigenvalue weighted by molar-refractivity contribution is 5.93. The van der Waals surface area contributed by atoms with Crippen molar-refractivity contribution in [2.45, 2.75) is 13.1 Å². The molecule has 0 saturated heterocycles. The molecule has 0 radical (unpaired) electrons. The molecule has 0 unspecified atom stereocenters. The summed E-state index contributed by atoms with van der Waals surface area (Å²) < 4.78 is 39.8. The van der Waals surface area contributed by atoms with Gasteiger partial charge < -0.3 is 15.2 Å². The Morgan fingerprint density at radius 3 is 2.74 bits per heavy atom. The Morgan fingerprint density at radius 2 is 2.16 bits per heavy atom. The van der Waals surface area contributed by atoms with Gasteiger partial charge in [0, 0.05) is 12.2 Å². The van der Waals surface area contributed by atoms with Crippen LogP contribution in [-0.2, 0) is 4.74 Å². The van der Waals surface area contributed by atoms with Crippen LogP contribution in [0.3, 0.4) is 0 Å². The van der Waals surface area contributed by atoms with Gasteiger partial charge in [0.2, 0.25) is 0 Å². The fraction of sp³-hybridized carbons (Fsp3) is 0.455. The standard InChI is InChI=1S/C11H13F3N2O3/c1-7-2-3-8(10(17)18)9(16-7)15-4-5-19-6-11(12,13)14/h2-3H,4-6H2,1H3,(H,15,16)(H,17,18). The highest BCUT2D eigenvalue weighted by atomic mass is 19.4. The summed E-state index contributed by atoms with van der Waals surface area (Å²) in [7, 11) is 0. The highest BCUT2D eigenvalue weighted by Crippen LogP contribution is 2.15. The van der Waals surface area contributed by atoms with Crippen LogP contribution < -0.4 is 5.32 Å². The lowest BCUT2D eigenvalue weighted by atomic mass is 10.2. The number of hydrogen-bond donors (Lipinski definition) is 2. The van der Waals surface area contributed by atoms with Gasteiger partial charge in [-0.25, -0.2) is 9.78 Å². The number of pyridine rings is 1. The van der Waals surface area contributed by atoms with Gasteiger partial charge in [0.15, 0.2) is 0 Å². The average molecular weight is 278 g/mol. The second kappa shape index (κ2) is 6.37. The van der Waals surface area contributed by atoms with Gasteiger partial charge in [0.1, 0.15) is 18.0 Å². The number of nitrogens with one attached hydrogen (secondary N) is 1. The number of nitrogens with zero attached hydrogens (tertiary/aromatic N) is 1. The highest BCUT2D eigenvalue weighted by Gasteiger charge is 2.27. The smallest absolute Gasteiger partial charge is 0.411 e. The minimum absolute atomic E-state index is 0.0345. The Morgan fingerprint density at radius 1 is 1.47 bits per heavy atom. The number of carboxylic acids is 1. The second-order valence-electron chi connectivity index (χ2n) is 3.75. The van der Waals surface area contributed by atoms with Crippen molar-refractivity contribution < 1.29 is 27.8 Å². The lowest BCUT2D eigenvalue weighted by molar-refractivity contribution is -0.172. The molecule has 1 aromatic heterocycles. The SMILES string of the molecule is Cc1ccc(C(=O)O)c(NCCOCC(F)(F)F)n1. The van der Waals surface area contributed by atoms with Gasteiger partial charge in [-0.3, -0.25) is 0 Å². The van der Waals surface area contributed by atoms with E-state index in [9.17, 15) is 18.0 Å². The fourth-order valence-electron chi connectivity index (χ4n) is 1.29. The van der Waals surface area contributed by atoms with Crippen LogP contribution >= 0.6 is 0 Å². The molecule has 5 nitrogen and oxygen atoms in total. The molecule has 2 N–H and O–H groups in total. The molecule has 0 aliphatic rings. The third kappa shape index (κ3) is 5.56. The maximum atomic E-state index is 11.8. The Kier molecular flexibility index (Phi) is 5.11. The summed E-state index contributed by atoms with van der Waals surface area (Å²) in [6, 6.07) is 2.92.